The Morgan fingerprint density at radius 1 is 1.32 bits per heavy atom. The average molecular weight is 263 g/mol. The first kappa shape index (κ1) is 14.5. The van der Waals surface area contributed by atoms with Crippen LogP contribution in [0, 0.1) is 0 Å². The van der Waals surface area contributed by atoms with E-state index >= 15 is 0 Å². The van der Waals surface area contributed by atoms with Crippen molar-refractivity contribution < 1.29 is 9.47 Å². The maximum Gasteiger partial charge on any atom is 0.163 e. The molecule has 3 atom stereocenters. The van der Waals surface area contributed by atoms with Gasteiger partial charge in [0, 0.05) is 12.1 Å². The highest BCUT2D eigenvalue weighted by molar-refractivity contribution is 5.18. The minimum absolute atomic E-state index is 0.131. The van der Waals surface area contributed by atoms with E-state index in [9.17, 15) is 0 Å². The number of hydrogen-bond acceptors (Lipinski definition) is 3. The zero-order valence-corrected chi connectivity index (χ0v) is 12.3. The monoisotopic (exact) mass is 263 g/mol. The Balaban J connectivity index is 1.96. The Kier molecular flexibility index (Phi) is 4.61. The van der Waals surface area contributed by atoms with Crippen molar-refractivity contribution in [3.8, 4) is 0 Å². The molecule has 1 aliphatic rings. The van der Waals surface area contributed by atoms with Crippen LogP contribution in [0.5, 0.6) is 0 Å². The van der Waals surface area contributed by atoms with Gasteiger partial charge in [-0.25, -0.2) is 0 Å². The third-order valence-electron chi connectivity index (χ3n) is 3.68. The second-order valence-corrected chi connectivity index (χ2v) is 5.68. The van der Waals surface area contributed by atoms with Crippen molar-refractivity contribution >= 4 is 0 Å². The molecule has 0 unspecified atom stereocenters. The van der Waals surface area contributed by atoms with Crippen LogP contribution in [-0.4, -0.2) is 24.5 Å². The van der Waals surface area contributed by atoms with E-state index in [2.05, 4.69) is 43.4 Å². The fraction of sp³-hybridized carbons (Fsp3) is 0.625. The lowest BCUT2D eigenvalue weighted by atomic mass is 10.0. The molecule has 19 heavy (non-hydrogen) atoms. The third-order valence-corrected chi connectivity index (χ3v) is 3.68. The zero-order valence-electron chi connectivity index (χ0n) is 12.3. The first-order valence-electron chi connectivity index (χ1n) is 7.14. The summed E-state index contributed by atoms with van der Waals surface area (Å²) in [5.74, 6) is -0.449. The van der Waals surface area contributed by atoms with Crippen LogP contribution < -0.4 is 5.32 Å². The van der Waals surface area contributed by atoms with Crippen LogP contribution in [0.4, 0.5) is 0 Å². The molecule has 0 saturated carbocycles. The van der Waals surface area contributed by atoms with Gasteiger partial charge in [-0.1, -0.05) is 37.3 Å². The van der Waals surface area contributed by atoms with Gasteiger partial charge in [-0.05, 0) is 32.8 Å². The second kappa shape index (κ2) is 6.04. The summed E-state index contributed by atoms with van der Waals surface area (Å²) in [4.78, 5) is 0. The van der Waals surface area contributed by atoms with Crippen LogP contribution in [-0.2, 0) is 9.47 Å². The fourth-order valence-electron chi connectivity index (χ4n) is 2.56. The summed E-state index contributed by atoms with van der Waals surface area (Å²) in [6.45, 7) is 8.99. The van der Waals surface area contributed by atoms with Crippen molar-refractivity contribution in [1.29, 1.82) is 0 Å². The van der Waals surface area contributed by atoms with Gasteiger partial charge in [-0.3, -0.25) is 0 Å². The SMILES string of the molecule is CC[C@@H](N[C@H](C)c1ccccc1)[C@@H]1COC(C)(C)O1. The largest absolute Gasteiger partial charge is 0.348 e. The van der Waals surface area contributed by atoms with Crippen LogP contribution in [0.1, 0.15) is 45.7 Å². The van der Waals surface area contributed by atoms with Gasteiger partial charge in [0.2, 0.25) is 0 Å². The smallest absolute Gasteiger partial charge is 0.163 e. The Labute approximate surface area is 116 Å². The van der Waals surface area contributed by atoms with E-state index in [0.29, 0.717) is 18.7 Å². The van der Waals surface area contributed by atoms with Crippen molar-refractivity contribution in [3.05, 3.63) is 35.9 Å². The summed E-state index contributed by atoms with van der Waals surface area (Å²) < 4.78 is 11.6. The molecule has 1 aliphatic heterocycles. The van der Waals surface area contributed by atoms with E-state index in [1.54, 1.807) is 0 Å². The molecule has 0 amide bonds. The predicted molar refractivity (Wildman–Crippen MR) is 77.0 cm³/mol. The van der Waals surface area contributed by atoms with Crippen molar-refractivity contribution in [2.24, 2.45) is 0 Å². The molecule has 1 aromatic carbocycles. The van der Waals surface area contributed by atoms with E-state index in [0.717, 1.165) is 6.42 Å². The fourth-order valence-corrected chi connectivity index (χ4v) is 2.56. The Bertz CT molecular complexity index is 391. The zero-order chi connectivity index (χ0) is 13.9. The summed E-state index contributed by atoms with van der Waals surface area (Å²) in [5, 5.41) is 3.66. The minimum atomic E-state index is -0.449. The Morgan fingerprint density at radius 2 is 2.00 bits per heavy atom. The first-order chi connectivity index (χ1) is 9.02. The van der Waals surface area contributed by atoms with E-state index < -0.39 is 5.79 Å². The van der Waals surface area contributed by atoms with Crippen molar-refractivity contribution in [3.63, 3.8) is 0 Å². The lowest BCUT2D eigenvalue weighted by Crippen LogP contribution is -2.42. The highest BCUT2D eigenvalue weighted by Gasteiger charge is 2.37. The van der Waals surface area contributed by atoms with E-state index in [1.165, 1.54) is 5.56 Å². The van der Waals surface area contributed by atoms with Crippen molar-refractivity contribution in [2.75, 3.05) is 6.61 Å². The maximum absolute atomic E-state index is 5.95. The molecule has 0 aromatic heterocycles. The van der Waals surface area contributed by atoms with Crippen LogP contribution in [0.25, 0.3) is 0 Å². The predicted octanol–water partition coefficient (Wildman–Crippen LogP) is 3.27. The minimum Gasteiger partial charge on any atom is -0.348 e. The molecule has 0 spiro atoms. The van der Waals surface area contributed by atoms with Gasteiger partial charge in [0.25, 0.3) is 0 Å². The third kappa shape index (κ3) is 3.78. The molecule has 2 rings (SSSR count). The average Bonchev–Trinajstić information content (AvgIpc) is 2.77. The number of nitrogens with one attached hydrogen (secondary N) is 1. The molecule has 3 nitrogen and oxygen atoms in total. The Hall–Kier alpha value is -0.900. The van der Waals surface area contributed by atoms with Crippen LogP contribution in [0.2, 0.25) is 0 Å². The molecule has 0 radical (unpaired) electrons. The van der Waals surface area contributed by atoms with E-state index in [-0.39, 0.29) is 6.10 Å². The number of benzene rings is 1. The van der Waals surface area contributed by atoms with E-state index in [1.807, 2.05) is 19.9 Å². The normalized spacial score (nSPS) is 25.2. The standard InChI is InChI=1S/C16H25NO2/c1-5-14(15-11-18-16(3,4)19-15)17-12(2)13-9-7-6-8-10-13/h6-10,12,14-15,17H,5,11H2,1-4H3/t12-,14-,15+/m1/s1. The van der Waals surface area contributed by atoms with Crippen LogP contribution >= 0.6 is 0 Å². The van der Waals surface area contributed by atoms with Gasteiger partial charge in [-0.2, -0.15) is 0 Å². The van der Waals surface area contributed by atoms with E-state index in [4.69, 9.17) is 9.47 Å². The molecule has 0 aliphatic carbocycles. The number of rotatable bonds is 5. The second-order valence-electron chi connectivity index (χ2n) is 5.68. The lowest BCUT2D eigenvalue weighted by Gasteiger charge is -2.27. The summed E-state index contributed by atoms with van der Waals surface area (Å²) >= 11 is 0. The molecule has 1 aromatic rings. The molecule has 106 valence electrons. The van der Waals surface area contributed by atoms with Crippen molar-refractivity contribution in [1.82, 2.24) is 5.32 Å². The molecule has 1 heterocycles. The molecule has 1 N–H and O–H groups in total. The molecule has 0 bridgehead atoms. The maximum atomic E-state index is 5.95. The lowest BCUT2D eigenvalue weighted by molar-refractivity contribution is -0.142. The summed E-state index contributed by atoms with van der Waals surface area (Å²) in [6, 6.07) is 11.1. The van der Waals surface area contributed by atoms with Crippen LogP contribution in [0.3, 0.4) is 0 Å². The summed E-state index contributed by atoms with van der Waals surface area (Å²) in [7, 11) is 0. The van der Waals surface area contributed by atoms with Crippen LogP contribution in [0.15, 0.2) is 30.3 Å². The summed E-state index contributed by atoms with van der Waals surface area (Å²) in [5.41, 5.74) is 1.30. The molecule has 1 saturated heterocycles. The van der Waals surface area contributed by atoms with Crippen molar-refractivity contribution in [2.45, 2.75) is 58.1 Å². The quantitative estimate of drug-likeness (QED) is 0.884. The number of ether oxygens (including phenoxy) is 2. The molecular weight excluding hydrogens is 238 g/mol. The highest BCUT2D eigenvalue weighted by Crippen LogP contribution is 2.26. The van der Waals surface area contributed by atoms with Gasteiger partial charge < -0.3 is 14.8 Å². The van der Waals surface area contributed by atoms with Gasteiger partial charge in [0.05, 0.1) is 12.7 Å². The highest BCUT2D eigenvalue weighted by atomic mass is 16.7. The van der Waals surface area contributed by atoms with Gasteiger partial charge in [0.15, 0.2) is 5.79 Å². The first-order valence-corrected chi connectivity index (χ1v) is 7.14. The topological polar surface area (TPSA) is 30.5 Å². The number of hydrogen-bond donors (Lipinski definition) is 1. The molecular formula is C16H25NO2. The molecule has 3 heteroatoms. The van der Waals surface area contributed by atoms with Gasteiger partial charge >= 0.3 is 0 Å². The van der Waals surface area contributed by atoms with Gasteiger partial charge in [-0.15, -0.1) is 0 Å². The Morgan fingerprint density at radius 3 is 2.53 bits per heavy atom. The molecule has 1 fully saturated rings. The van der Waals surface area contributed by atoms with Gasteiger partial charge in [0.1, 0.15) is 0 Å². The summed E-state index contributed by atoms with van der Waals surface area (Å²) in [6.07, 6.45) is 1.16.